The van der Waals surface area contributed by atoms with Gasteiger partial charge in [-0.2, -0.15) is 0 Å². The highest BCUT2D eigenvalue weighted by Crippen LogP contribution is 2.04. The summed E-state index contributed by atoms with van der Waals surface area (Å²) in [6.07, 6.45) is 1.59. The summed E-state index contributed by atoms with van der Waals surface area (Å²) in [7, 11) is 0. The molecule has 0 saturated carbocycles. The van der Waals surface area contributed by atoms with Crippen LogP contribution in [0.25, 0.3) is 0 Å². The van der Waals surface area contributed by atoms with Gasteiger partial charge in [0.25, 0.3) is 5.91 Å². The molecule has 0 radical (unpaired) electrons. The number of aromatic nitrogens is 1. The number of nitrogens with zero attached hydrogens (tertiary/aromatic N) is 1. The molecule has 0 aromatic carbocycles. The summed E-state index contributed by atoms with van der Waals surface area (Å²) in [5.41, 5.74) is 9.31. The molecule has 2 heterocycles. The van der Waals surface area contributed by atoms with E-state index in [4.69, 9.17) is 10.5 Å². The predicted octanol–water partition coefficient (Wildman–Crippen LogP) is -0.426. The molecule has 1 aliphatic heterocycles. The second-order valence-corrected chi connectivity index (χ2v) is 3.39. The Balaban J connectivity index is 1.91. The normalized spacial score (nSPS) is 17.6. The molecule has 2 rings (SSSR count). The molecule has 0 atom stereocenters. The second-order valence-electron chi connectivity index (χ2n) is 3.39. The highest BCUT2D eigenvalue weighted by molar-refractivity contribution is 5.93. The third kappa shape index (κ3) is 2.48. The van der Waals surface area contributed by atoms with E-state index in [-0.39, 0.29) is 5.91 Å². The third-order valence-electron chi connectivity index (χ3n) is 2.22. The molecule has 0 spiro atoms. The summed E-state index contributed by atoms with van der Waals surface area (Å²) in [5.74, 6) is -0.173. The van der Waals surface area contributed by atoms with Gasteiger partial charge in [0.2, 0.25) is 0 Å². The Morgan fingerprint density at radius 2 is 2.27 bits per heavy atom. The lowest BCUT2D eigenvalue weighted by Crippen LogP contribution is -2.48. The first-order valence-corrected chi connectivity index (χ1v) is 4.83. The van der Waals surface area contributed by atoms with E-state index in [0.717, 1.165) is 0 Å². The van der Waals surface area contributed by atoms with Gasteiger partial charge in [-0.05, 0) is 6.07 Å². The number of amides is 1. The molecule has 82 valence electrons. The topological polar surface area (TPSA) is 83.4 Å². The first kappa shape index (κ1) is 10.0. The molecule has 0 unspecified atom stereocenters. The molecule has 6 nitrogen and oxygen atoms in total. The van der Waals surface area contributed by atoms with Gasteiger partial charge in [-0.1, -0.05) is 0 Å². The average molecular weight is 210 g/mol. The van der Waals surface area contributed by atoms with Gasteiger partial charge in [-0.25, -0.2) is 5.01 Å². The van der Waals surface area contributed by atoms with Crippen molar-refractivity contribution in [1.82, 2.24) is 15.4 Å². The zero-order valence-corrected chi connectivity index (χ0v) is 8.32. The summed E-state index contributed by atoms with van der Waals surface area (Å²) in [5, 5.41) is 1.84. The van der Waals surface area contributed by atoms with E-state index in [2.05, 4.69) is 10.4 Å². The summed E-state index contributed by atoms with van der Waals surface area (Å²) in [6, 6.07) is 1.61. The fraction of sp³-hybridized carbons (Fsp3) is 0.444. The van der Waals surface area contributed by atoms with Crippen molar-refractivity contribution in [3.05, 3.63) is 18.0 Å². The number of nitrogens with two attached hydrogens (primary N) is 1. The third-order valence-corrected chi connectivity index (χ3v) is 2.22. The van der Waals surface area contributed by atoms with Gasteiger partial charge >= 0.3 is 0 Å². The Morgan fingerprint density at radius 3 is 2.87 bits per heavy atom. The van der Waals surface area contributed by atoms with Crippen LogP contribution in [0.3, 0.4) is 0 Å². The molecule has 0 aliphatic carbocycles. The minimum absolute atomic E-state index is 0.173. The monoisotopic (exact) mass is 210 g/mol. The maximum Gasteiger partial charge on any atom is 0.282 e. The first-order chi connectivity index (χ1) is 7.25. The molecule has 1 amide bonds. The number of aromatic amines is 1. The molecule has 4 N–H and O–H groups in total. The lowest BCUT2D eigenvalue weighted by atomic mass is 10.4. The van der Waals surface area contributed by atoms with Crippen molar-refractivity contribution < 1.29 is 9.53 Å². The molecular weight excluding hydrogens is 196 g/mol. The van der Waals surface area contributed by atoms with Gasteiger partial charge in [0.1, 0.15) is 5.69 Å². The van der Waals surface area contributed by atoms with E-state index in [1.165, 1.54) is 0 Å². The van der Waals surface area contributed by atoms with Crippen LogP contribution in [0.2, 0.25) is 0 Å². The van der Waals surface area contributed by atoms with Crippen LogP contribution in [0.4, 0.5) is 5.69 Å². The molecule has 0 bridgehead atoms. The van der Waals surface area contributed by atoms with Crippen LogP contribution in [0.5, 0.6) is 0 Å². The van der Waals surface area contributed by atoms with Crippen LogP contribution in [-0.4, -0.2) is 42.2 Å². The molecule has 1 saturated heterocycles. The first-order valence-electron chi connectivity index (χ1n) is 4.83. The van der Waals surface area contributed by atoms with Crippen molar-refractivity contribution in [2.75, 3.05) is 32.0 Å². The van der Waals surface area contributed by atoms with Crippen molar-refractivity contribution >= 4 is 11.6 Å². The molecule has 6 heteroatoms. The van der Waals surface area contributed by atoms with Gasteiger partial charge in [0, 0.05) is 25.0 Å². The number of carbonyl (C=O) groups is 1. The van der Waals surface area contributed by atoms with Crippen molar-refractivity contribution in [2.45, 2.75) is 0 Å². The fourth-order valence-electron chi connectivity index (χ4n) is 1.42. The van der Waals surface area contributed by atoms with Crippen molar-refractivity contribution in [2.24, 2.45) is 0 Å². The molecule has 1 fully saturated rings. The summed E-state index contributed by atoms with van der Waals surface area (Å²) in [6.45, 7) is 2.71. The minimum Gasteiger partial charge on any atom is -0.397 e. The van der Waals surface area contributed by atoms with E-state index in [1.807, 2.05) is 5.01 Å². The van der Waals surface area contributed by atoms with Gasteiger partial charge in [0.05, 0.1) is 13.2 Å². The van der Waals surface area contributed by atoms with Gasteiger partial charge in [-0.3, -0.25) is 10.2 Å². The van der Waals surface area contributed by atoms with E-state index in [9.17, 15) is 4.79 Å². The Labute approximate surface area is 87.4 Å². The Bertz CT molecular complexity index is 344. The van der Waals surface area contributed by atoms with Crippen molar-refractivity contribution in [3.8, 4) is 0 Å². The molecule has 1 aromatic rings. The Kier molecular flexibility index (Phi) is 2.89. The average Bonchev–Trinajstić information content (AvgIpc) is 2.66. The number of carbonyl (C=O) groups excluding carboxylic acids is 1. The van der Waals surface area contributed by atoms with Crippen LogP contribution < -0.4 is 11.2 Å². The van der Waals surface area contributed by atoms with Gasteiger partial charge in [-0.15, -0.1) is 0 Å². The zero-order valence-electron chi connectivity index (χ0n) is 8.32. The number of hydrogen-bond donors (Lipinski definition) is 3. The van der Waals surface area contributed by atoms with E-state index in [0.29, 0.717) is 37.7 Å². The van der Waals surface area contributed by atoms with E-state index < -0.39 is 0 Å². The van der Waals surface area contributed by atoms with Crippen molar-refractivity contribution in [1.29, 1.82) is 0 Å². The number of hydrogen-bond acceptors (Lipinski definition) is 4. The standard InChI is InChI=1S/C9H14N4O2/c10-7-5-8(11-6-7)9(14)12-13-1-3-15-4-2-13/h5-6,11H,1-4,10H2,(H,12,14). The summed E-state index contributed by atoms with van der Waals surface area (Å²) < 4.78 is 5.17. The van der Waals surface area contributed by atoms with Crippen LogP contribution in [0.1, 0.15) is 10.5 Å². The van der Waals surface area contributed by atoms with Crippen LogP contribution in [0.15, 0.2) is 12.3 Å². The highest BCUT2D eigenvalue weighted by atomic mass is 16.5. The Hall–Kier alpha value is -1.53. The quantitative estimate of drug-likeness (QED) is 0.618. The largest absolute Gasteiger partial charge is 0.397 e. The maximum atomic E-state index is 11.6. The Morgan fingerprint density at radius 1 is 1.53 bits per heavy atom. The van der Waals surface area contributed by atoms with Gasteiger partial charge < -0.3 is 15.5 Å². The lowest BCUT2D eigenvalue weighted by Gasteiger charge is -2.26. The van der Waals surface area contributed by atoms with Crippen LogP contribution in [0, 0.1) is 0 Å². The van der Waals surface area contributed by atoms with E-state index >= 15 is 0 Å². The van der Waals surface area contributed by atoms with E-state index in [1.54, 1.807) is 12.3 Å². The molecule has 1 aliphatic rings. The smallest absolute Gasteiger partial charge is 0.282 e. The molecule has 15 heavy (non-hydrogen) atoms. The maximum absolute atomic E-state index is 11.6. The highest BCUT2D eigenvalue weighted by Gasteiger charge is 2.14. The van der Waals surface area contributed by atoms with Gasteiger partial charge in [0.15, 0.2) is 0 Å². The molecule has 1 aromatic heterocycles. The number of hydrazine groups is 1. The number of morpholine rings is 1. The van der Waals surface area contributed by atoms with Crippen LogP contribution >= 0.6 is 0 Å². The lowest BCUT2D eigenvalue weighted by molar-refractivity contribution is 0.0125. The number of ether oxygens (including phenoxy) is 1. The number of nitrogen functional groups attached to an aromatic ring is 1. The number of anilines is 1. The molecular formula is C9H14N4O2. The number of nitrogens with one attached hydrogen (secondary N) is 2. The second kappa shape index (κ2) is 4.33. The number of H-pyrrole nitrogens is 1. The number of rotatable bonds is 2. The predicted molar refractivity (Wildman–Crippen MR) is 55.1 cm³/mol. The minimum atomic E-state index is -0.173. The fourth-order valence-corrected chi connectivity index (χ4v) is 1.42. The SMILES string of the molecule is Nc1c[nH]c(C(=O)NN2CCOCC2)c1. The summed E-state index contributed by atoms with van der Waals surface area (Å²) >= 11 is 0. The zero-order chi connectivity index (χ0) is 10.7. The van der Waals surface area contributed by atoms with Crippen LogP contribution in [-0.2, 0) is 4.74 Å². The van der Waals surface area contributed by atoms with Crippen molar-refractivity contribution in [3.63, 3.8) is 0 Å². The summed E-state index contributed by atoms with van der Waals surface area (Å²) in [4.78, 5) is 14.4.